The molecule has 0 bridgehead atoms. The van der Waals surface area contributed by atoms with Gasteiger partial charge in [-0.3, -0.25) is 0 Å². The summed E-state index contributed by atoms with van der Waals surface area (Å²) in [5.74, 6) is -2.38. The number of H-pyrrole nitrogens is 3. The van der Waals surface area contributed by atoms with Gasteiger partial charge in [-0.05, 0) is 35.4 Å². The number of alkyl halides is 2. The van der Waals surface area contributed by atoms with Crippen molar-refractivity contribution in [1.82, 2.24) is 15.0 Å². The van der Waals surface area contributed by atoms with E-state index in [1.807, 2.05) is 36.4 Å². The summed E-state index contributed by atoms with van der Waals surface area (Å²) >= 11 is 0. The van der Waals surface area contributed by atoms with Gasteiger partial charge in [0.25, 0.3) is 0 Å². The second-order valence-electron chi connectivity index (χ2n) is 7.58. The lowest BCUT2D eigenvalue weighted by atomic mass is 9.88. The molecular weight excluding hydrogens is 400 g/mol. The molecule has 0 saturated heterocycles. The Bertz CT molecular complexity index is 1430. The van der Waals surface area contributed by atoms with Gasteiger partial charge in [0.15, 0.2) is 0 Å². The Morgan fingerprint density at radius 1 is 0.903 bits per heavy atom. The fraction of sp³-hybridized carbons (Fsp3) is 0.125. The molecule has 1 unspecified atom stereocenters. The van der Waals surface area contributed by atoms with E-state index in [0.29, 0.717) is 27.9 Å². The number of nitrogens with one attached hydrogen (secondary N) is 3. The molecule has 4 N–H and O–H groups in total. The number of hydrogen-bond acceptors (Lipinski definition) is 1. The van der Waals surface area contributed by atoms with Crippen molar-refractivity contribution < 1.29 is 18.7 Å². The SMILES string of the molecule is CC(c1c(-c2cccc3[nH]ccc23)[nH]c(C(=O)O)c1-c1cccc2[nH]ccc12)C(F)F. The highest BCUT2D eigenvalue weighted by Gasteiger charge is 2.32. The molecule has 0 radical (unpaired) electrons. The molecule has 2 aromatic carbocycles. The van der Waals surface area contributed by atoms with Crippen LogP contribution < -0.4 is 0 Å². The zero-order valence-electron chi connectivity index (χ0n) is 16.5. The molecule has 5 rings (SSSR count). The van der Waals surface area contributed by atoms with Crippen LogP contribution in [0.1, 0.15) is 28.9 Å². The molecule has 5 aromatic rings. The first-order valence-corrected chi connectivity index (χ1v) is 9.87. The maximum absolute atomic E-state index is 14.1. The lowest BCUT2D eigenvalue weighted by Crippen LogP contribution is -2.07. The maximum Gasteiger partial charge on any atom is 0.352 e. The largest absolute Gasteiger partial charge is 0.477 e. The van der Waals surface area contributed by atoms with Crippen molar-refractivity contribution in [2.24, 2.45) is 0 Å². The van der Waals surface area contributed by atoms with Crippen LogP contribution in [0.15, 0.2) is 60.9 Å². The predicted molar refractivity (Wildman–Crippen MR) is 117 cm³/mol. The van der Waals surface area contributed by atoms with Crippen molar-refractivity contribution in [3.05, 3.63) is 72.2 Å². The molecule has 0 aliphatic carbocycles. The summed E-state index contributed by atoms with van der Waals surface area (Å²) in [5.41, 5.74) is 3.83. The van der Waals surface area contributed by atoms with Crippen LogP contribution in [0.25, 0.3) is 44.2 Å². The molecule has 0 fully saturated rings. The van der Waals surface area contributed by atoms with E-state index < -0.39 is 18.3 Å². The number of aromatic nitrogens is 3. The number of carbonyl (C=O) groups is 1. The molecular formula is C24H19F2N3O2. The topological polar surface area (TPSA) is 84.7 Å². The van der Waals surface area contributed by atoms with E-state index in [9.17, 15) is 18.7 Å². The molecule has 5 nitrogen and oxygen atoms in total. The van der Waals surface area contributed by atoms with E-state index >= 15 is 0 Å². The van der Waals surface area contributed by atoms with Crippen LogP contribution in [0, 0.1) is 0 Å². The maximum atomic E-state index is 14.1. The van der Waals surface area contributed by atoms with Gasteiger partial charge in [-0.1, -0.05) is 31.2 Å². The van der Waals surface area contributed by atoms with Crippen LogP contribution >= 0.6 is 0 Å². The van der Waals surface area contributed by atoms with E-state index in [2.05, 4.69) is 15.0 Å². The van der Waals surface area contributed by atoms with Gasteiger partial charge in [-0.2, -0.15) is 0 Å². The number of carboxylic acid groups (broad SMARTS) is 1. The third-order valence-corrected chi connectivity index (χ3v) is 5.81. The van der Waals surface area contributed by atoms with Crippen LogP contribution in [-0.4, -0.2) is 32.5 Å². The third kappa shape index (κ3) is 2.92. The second kappa shape index (κ2) is 7.12. The van der Waals surface area contributed by atoms with Gasteiger partial charge < -0.3 is 20.1 Å². The predicted octanol–water partition coefficient (Wildman–Crippen LogP) is 6.38. The first kappa shape index (κ1) is 19.1. The zero-order chi connectivity index (χ0) is 21.7. The summed E-state index contributed by atoms with van der Waals surface area (Å²) < 4.78 is 28.1. The van der Waals surface area contributed by atoms with Gasteiger partial charge in [0.05, 0.1) is 5.69 Å². The number of aromatic amines is 3. The summed E-state index contributed by atoms with van der Waals surface area (Å²) in [5, 5.41) is 11.6. The molecule has 7 heteroatoms. The number of hydrogen-bond donors (Lipinski definition) is 4. The number of aromatic carboxylic acids is 1. The fourth-order valence-corrected chi connectivity index (χ4v) is 4.36. The average Bonchev–Trinajstić information content (AvgIpc) is 3.49. The van der Waals surface area contributed by atoms with Gasteiger partial charge in [0.2, 0.25) is 6.43 Å². The first-order valence-electron chi connectivity index (χ1n) is 9.87. The zero-order valence-corrected chi connectivity index (χ0v) is 16.5. The first-order chi connectivity index (χ1) is 15.0. The summed E-state index contributed by atoms with van der Waals surface area (Å²) in [6.45, 7) is 1.43. The Morgan fingerprint density at radius 3 is 2.06 bits per heavy atom. The Morgan fingerprint density at radius 2 is 1.48 bits per heavy atom. The summed E-state index contributed by atoms with van der Waals surface area (Å²) in [4.78, 5) is 21.4. The number of rotatable bonds is 5. The molecule has 0 aliphatic rings. The van der Waals surface area contributed by atoms with Crippen molar-refractivity contribution in [3.63, 3.8) is 0 Å². The van der Waals surface area contributed by atoms with E-state index in [4.69, 9.17) is 0 Å². The highest BCUT2D eigenvalue weighted by atomic mass is 19.3. The van der Waals surface area contributed by atoms with Crippen LogP contribution in [0.4, 0.5) is 8.78 Å². The number of fused-ring (bicyclic) bond motifs is 2. The van der Waals surface area contributed by atoms with E-state index in [0.717, 1.165) is 21.8 Å². The third-order valence-electron chi connectivity index (χ3n) is 5.81. The molecule has 0 spiro atoms. The van der Waals surface area contributed by atoms with Crippen molar-refractivity contribution >= 4 is 27.8 Å². The van der Waals surface area contributed by atoms with Gasteiger partial charge >= 0.3 is 5.97 Å². The number of benzene rings is 2. The van der Waals surface area contributed by atoms with Crippen LogP contribution in [0.3, 0.4) is 0 Å². The Labute approximate surface area is 175 Å². The summed E-state index contributed by atoms with van der Waals surface area (Å²) in [6, 6.07) is 14.6. The number of carboxylic acids is 1. The van der Waals surface area contributed by atoms with E-state index in [1.54, 1.807) is 24.5 Å². The lowest BCUT2D eigenvalue weighted by Gasteiger charge is -2.16. The van der Waals surface area contributed by atoms with Gasteiger partial charge in [-0.15, -0.1) is 0 Å². The fourth-order valence-electron chi connectivity index (χ4n) is 4.36. The minimum Gasteiger partial charge on any atom is -0.477 e. The van der Waals surface area contributed by atoms with Gasteiger partial charge in [0, 0.05) is 51.2 Å². The normalized spacial score (nSPS) is 12.8. The molecule has 0 saturated carbocycles. The minimum absolute atomic E-state index is 0.0984. The van der Waals surface area contributed by atoms with Crippen LogP contribution in [-0.2, 0) is 0 Å². The smallest absolute Gasteiger partial charge is 0.352 e. The second-order valence-corrected chi connectivity index (χ2v) is 7.58. The molecule has 156 valence electrons. The molecule has 3 aromatic heterocycles. The van der Waals surface area contributed by atoms with Crippen LogP contribution in [0.5, 0.6) is 0 Å². The van der Waals surface area contributed by atoms with E-state index in [-0.39, 0.29) is 5.69 Å². The quantitative estimate of drug-likeness (QED) is 0.267. The number of halogens is 2. The average molecular weight is 419 g/mol. The highest BCUT2D eigenvalue weighted by Crippen LogP contribution is 2.45. The Balaban J connectivity index is 1.91. The lowest BCUT2D eigenvalue weighted by molar-refractivity contribution is 0.0692. The highest BCUT2D eigenvalue weighted by molar-refractivity contribution is 6.06. The van der Waals surface area contributed by atoms with Gasteiger partial charge in [-0.25, -0.2) is 13.6 Å². The van der Waals surface area contributed by atoms with Gasteiger partial charge in [0.1, 0.15) is 5.69 Å². The van der Waals surface area contributed by atoms with Crippen molar-refractivity contribution in [1.29, 1.82) is 0 Å². The summed E-state index contributed by atoms with van der Waals surface area (Å²) in [6.07, 6.45) is 0.858. The molecule has 1 atom stereocenters. The standard InChI is InChI=1S/C24H19F2N3O2/c1-12(23(25)26)19-20(15-4-2-6-17-13(15)8-10-27-17)22(24(30)31)29-21(19)16-5-3-7-18-14(16)9-11-28-18/h2-12,23,27-29H,1H3,(H,30,31). The molecule has 3 heterocycles. The molecule has 0 amide bonds. The van der Waals surface area contributed by atoms with E-state index in [1.165, 1.54) is 6.92 Å². The van der Waals surface area contributed by atoms with Crippen molar-refractivity contribution in [3.8, 4) is 22.4 Å². The molecule has 0 aliphatic heterocycles. The van der Waals surface area contributed by atoms with Crippen molar-refractivity contribution in [2.75, 3.05) is 0 Å². The Kier molecular flexibility index (Phi) is 4.39. The Hall–Kier alpha value is -3.87. The summed E-state index contributed by atoms with van der Waals surface area (Å²) in [7, 11) is 0. The minimum atomic E-state index is -2.66. The van der Waals surface area contributed by atoms with Crippen LogP contribution in [0.2, 0.25) is 0 Å². The van der Waals surface area contributed by atoms with Crippen molar-refractivity contribution in [2.45, 2.75) is 19.3 Å². The monoisotopic (exact) mass is 419 g/mol. The molecule has 31 heavy (non-hydrogen) atoms.